The van der Waals surface area contributed by atoms with E-state index in [-0.39, 0.29) is 28.1 Å². The molecule has 11 nitrogen and oxygen atoms in total. The van der Waals surface area contributed by atoms with Crippen LogP contribution >= 0.6 is 0 Å². The van der Waals surface area contributed by atoms with Gasteiger partial charge in [0.25, 0.3) is 11.4 Å². The minimum atomic E-state index is -1.20. The van der Waals surface area contributed by atoms with Crippen LogP contribution in [0.4, 0.5) is 11.4 Å². The maximum absolute atomic E-state index is 12.4. The molecule has 154 valence electrons. The van der Waals surface area contributed by atoms with E-state index in [1.165, 1.54) is 43.3 Å². The van der Waals surface area contributed by atoms with Gasteiger partial charge in [0.1, 0.15) is 6.04 Å². The lowest BCUT2D eigenvalue weighted by atomic mass is 9.89. The SMILES string of the molecule is CC(=O)C1=C(C)N[C@@H](c2ccccc2[N+](=O)[O-])N(N=O)[C@@H]1c1ccccc1[N+](=O)[O-]. The van der Waals surface area contributed by atoms with E-state index in [1.807, 2.05) is 0 Å². The second-order valence-electron chi connectivity index (χ2n) is 6.64. The number of nitrogens with one attached hydrogen (secondary N) is 1. The summed E-state index contributed by atoms with van der Waals surface area (Å²) >= 11 is 0. The maximum atomic E-state index is 12.4. The number of hydrogen-bond acceptors (Lipinski definition) is 8. The van der Waals surface area contributed by atoms with Gasteiger partial charge in [0.2, 0.25) is 0 Å². The number of nitrogens with zero attached hydrogens (tertiary/aromatic N) is 4. The van der Waals surface area contributed by atoms with Crippen molar-refractivity contribution in [2.24, 2.45) is 5.29 Å². The number of nitro benzene ring substituents is 2. The van der Waals surface area contributed by atoms with E-state index in [0.29, 0.717) is 5.70 Å². The molecule has 0 bridgehead atoms. The van der Waals surface area contributed by atoms with Crippen LogP contribution in [0.3, 0.4) is 0 Å². The van der Waals surface area contributed by atoms with E-state index >= 15 is 0 Å². The highest BCUT2D eigenvalue weighted by molar-refractivity contribution is 5.95. The van der Waals surface area contributed by atoms with Crippen LogP contribution in [-0.2, 0) is 4.79 Å². The fourth-order valence-corrected chi connectivity index (χ4v) is 3.67. The largest absolute Gasteiger partial charge is 0.363 e. The fourth-order valence-electron chi connectivity index (χ4n) is 3.67. The molecule has 0 amide bonds. The number of benzene rings is 2. The third kappa shape index (κ3) is 3.48. The van der Waals surface area contributed by atoms with Gasteiger partial charge in [-0.1, -0.05) is 24.3 Å². The molecule has 1 aliphatic rings. The summed E-state index contributed by atoms with van der Waals surface area (Å²) in [5.41, 5.74) is 0.103. The number of Topliss-reactive ketones (excluding diaryl/α,β-unsaturated/α-hetero) is 1. The Balaban J connectivity index is 2.28. The third-order valence-corrected chi connectivity index (χ3v) is 4.89. The average molecular weight is 411 g/mol. The molecule has 0 saturated carbocycles. The molecule has 11 heteroatoms. The molecule has 0 saturated heterocycles. The quantitative estimate of drug-likeness (QED) is 0.430. The number of hydrogen-bond donors (Lipinski definition) is 1. The summed E-state index contributed by atoms with van der Waals surface area (Å²) in [6.07, 6.45) is -1.11. The highest BCUT2D eigenvalue weighted by atomic mass is 16.6. The summed E-state index contributed by atoms with van der Waals surface area (Å²) in [6, 6.07) is 10.3. The van der Waals surface area contributed by atoms with Crippen LogP contribution in [0.2, 0.25) is 0 Å². The summed E-state index contributed by atoms with van der Waals surface area (Å²) in [5.74, 6) is -0.419. The number of rotatable bonds is 6. The first kappa shape index (κ1) is 20.6. The minimum Gasteiger partial charge on any atom is -0.363 e. The predicted octanol–water partition coefficient (Wildman–Crippen LogP) is 3.69. The molecular formula is C19H17N5O6. The Morgan fingerprint density at radius 3 is 2.00 bits per heavy atom. The van der Waals surface area contributed by atoms with E-state index in [0.717, 1.165) is 5.01 Å². The molecule has 2 aromatic carbocycles. The Kier molecular flexibility index (Phi) is 5.54. The number of ketones is 1. The summed E-state index contributed by atoms with van der Waals surface area (Å²) in [4.78, 5) is 46.2. The molecule has 2 aromatic rings. The van der Waals surface area contributed by atoms with Gasteiger partial charge in [-0.15, -0.1) is 4.91 Å². The van der Waals surface area contributed by atoms with E-state index in [4.69, 9.17) is 0 Å². The summed E-state index contributed by atoms with van der Waals surface area (Å²) in [7, 11) is 0. The van der Waals surface area contributed by atoms with Gasteiger partial charge in [-0.2, -0.15) is 0 Å². The summed E-state index contributed by atoms with van der Waals surface area (Å²) in [5, 5.41) is 29.9. The van der Waals surface area contributed by atoms with E-state index in [2.05, 4.69) is 10.6 Å². The number of carbonyl (C=O) groups excluding carboxylic acids is 1. The molecule has 0 spiro atoms. The first-order valence-corrected chi connectivity index (χ1v) is 8.84. The molecule has 0 fully saturated rings. The molecule has 2 atom stereocenters. The van der Waals surface area contributed by atoms with Gasteiger partial charge < -0.3 is 5.32 Å². The van der Waals surface area contributed by atoms with Crippen LogP contribution in [0.1, 0.15) is 37.2 Å². The van der Waals surface area contributed by atoms with Crippen LogP contribution in [-0.4, -0.2) is 20.6 Å². The smallest absolute Gasteiger partial charge is 0.276 e. The topological polar surface area (TPSA) is 148 Å². The molecular weight excluding hydrogens is 394 g/mol. The zero-order valence-corrected chi connectivity index (χ0v) is 16.0. The monoisotopic (exact) mass is 411 g/mol. The van der Waals surface area contributed by atoms with Crippen LogP contribution in [0, 0.1) is 25.1 Å². The van der Waals surface area contributed by atoms with Crippen LogP contribution in [0.15, 0.2) is 65.1 Å². The zero-order chi connectivity index (χ0) is 22.0. The van der Waals surface area contributed by atoms with Gasteiger partial charge in [0.05, 0.1) is 26.3 Å². The molecule has 0 radical (unpaired) electrons. The maximum Gasteiger partial charge on any atom is 0.276 e. The Labute approximate surface area is 170 Å². The van der Waals surface area contributed by atoms with Crippen molar-refractivity contribution in [1.82, 2.24) is 10.3 Å². The number of para-hydroxylation sites is 2. The second-order valence-corrected chi connectivity index (χ2v) is 6.64. The zero-order valence-electron chi connectivity index (χ0n) is 16.0. The first-order chi connectivity index (χ1) is 14.3. The van der Waals surface area contributed by atoms with Gasteiger partial charge in [-0.05, 0) is 26.0 Å². The fraction of sp³-hybridized carbons (Fsp3) is 0.211. The second kappa shape index (κ2) is 8.07. The molecule has 0 unspecified atom stereocenters. The van der Waals surface area contributed by atoms with Crippen molar-refractivity contribution in [2.45, 2.75) is 26.1 Å². The Morgan fingerprint density at radius 1 is 1.00 bits per heavy atom. The molecule has 3 rings (SSSR count). The van der Waals surface area contributed by atoms with Gasteiger partial charge in [-0.25, -0.2) is 5.01 Å². The molecule has 0 aliphatic carbocycles. The lowest BCUT2D eigenvalue weighted by Crippen LogP contribution is -2.44. The van der Waals surface area contributed by atoms with Crippen LogP contribution in [0.5, 0.6) is 0 Å². The standard InChI is InChI=1S/C19H17N5O6/c1-11-17(12(2)25)18(13-7-3-5-9-15(13)23(27)28)22(21-26)19(20-11)14-8-4-6-10-16(14)24(29)30/h3-10,18-20H,1-2H3/t18-,19-/m1/s1. The van der Waals surface area contributed by atoms with Crippen molar-refractivity contribution >= 4 is 17.2 Å². The molecule has 0 aromatic heterocycles. The average Bonchev–Trinajstić information content (AvgIpc) is 2.72. The van der Waals surface area contributed by atoms with Crippen molar-refractivity contribution < 1.29 is 14.6 Å². The van der Waals surface area contributed by atoms with E-state index in [9.17, 15) is 29.9 Å². The van der Waals surface area contributed by atoms with Crippen molar-refractivity contribution in [3.63, 3.8) is 0 Å². The Bertz CT molecular complexity index is 1080. The van der Waals surface area contributed by atoms with Crippen molar-refractivity contribution in [3.05, 3.63) is 96.1 Å². The first-order valence-electron chi connectivity index (χ1n) is 8.84. The predicted molar refractivity (Wildman–Crippen MR) is 106 cm³/mol. The number of nitroso groups, excluding NO2 is 1. The van der Waals surface area contributed by atoms with Gasteiger partial charge in [-0.3, -0.25) is 25.0 Å². The molecule has 1 aliphatic heterocycles. The van der Waals surface area contributed by atoms with Crippen LogP contribution in [0.25, 0.3) is 0 Å². The minimum absolute atomic E-state index is 0.0803. The van der Waals surface area contributed by atoms with Crippen molar-refractivity contribution in [1.29, 1.82) is 0 Å². The number of carbonyl (C=O) groups is 1. The Hall–Kier alpha value is -4.15. The molecule has 1 N–H and O–H groups in total. The normalized spacial score (nSPS) is 18.5. The van der Waals surface area contributed by atoms with Gasteiger partial charge >= 0.3 is 0 Å². The van der Waals surface area contributed by atoms with E-state index < -0.39 is 27.8 Å². The van der Waals surface area contributed by atoms with Crippen molar-refractivity contribution in [3.8, 4) is 0 Å². The highest BCUT2D eigenvalue weighted by Crippen LogP contribution is 2.44. The lowest BCUT2D eigenvalue weighted by molar-refractivity contribution is -0.386. The van der Waals surface area contributed by atoms with Crippen LogP contribution < -0.4 is 5.32 Å². The highest BCUT2D eigenvalue weighted by Gasteiger charge is 2.43. The van der Waals surface area contributed by atoms with Crippen molar-refractivity contribution in [2.75, 3.05) is 0 Å². The number of allylic oxidation sites excluding steroid dienone is 1. The van der Waals surface area contributed by atoms with Gasteiger partial charge in [0, 0.05) is 23.4 Å². The number of nitro groups is 2. The molecule has 1 heterocycles. The third-order valence-electron chi connectivity index (χ3n) is 4.89. The lowest BCUT2D eigenvalue weighted by Gasteiger charge is -2.40. The summed E-state index contributed by atoms with van der Waals surface area (Å²) < 4.78 is 0. The van der Waals surface area contributed by atoms with Gasteiger partial charge in [0.15, 0.2) is 11.9 Å². The molecule has 30 heavy (non-hydrogen) atoms. The van der Waals surface area contributed by atoms with E-state index in [1.54, 1.807) is 19.1 Å². The summed E-state index contributed by atoms with van der Waals surface area (Å²) in [6.45, 7) is 2.85. The Morgan fingerprint density at radius 2 is 1.50 bits per heavy atom.